The summed E-state index contributed by atoms with van der Waals surface area (Å²) in [7, 11) is 0. The summed E-state index contributed by atoms with van der Waals surface area (Å²) in [5.74, 6) is -0.263. The molecule has 2 rings (SSSR count). The van der Waals surface area contributed by atoms with E-state index in [0.717, 1.165) is 57.8 Å². The molecule has 0 aromatic heterocycles. The SMILES string of the molecule is CC/C=C\C/C=C\C/C=C\C/C=C\C/C=C\CCCC(=O)NC(COC1OC(CO)C(OC2OC(CO)C(O)C(O)C2O)C(O)C1O)C(O)CCCCCCCCCCCCCCCCCCCCCCCCCC. The van der Waals surface area contributed by atoms with Crippen molar-refractivity contribution in [3.05, 3.63) is 60.8 Å². The maximum atomic E-state index is 13.2. The molecule has 0 saturated carbocycles. The average molecular weight is 1060 g/mol. The number of aliphatic hydroxyl groups is 8. The third kappa shape index (κ3) is 32.4. The molecule has 2 aliphatic rings. The van der Waals surface area contributed by atoms with Crippen molar-refractivity contribution < 1.29 is 64.6 Å². The Labute approximate surface area is 454 Å². The van der Waals surface area contributed by atoms with Crippen molar-refractivity contribution in [2.75, 3.05) is 19.8 Å². The number of carbonyl (C=O) groups excluding carboxylic acids is 1. The van der Waals surface area contributed by atoms with E-state index in [-0.39, 0.29) is 18.9 Å². The van der Waals surface area contributed by atoms with E-state index in [2.05, 4.69) is 79.9 Å². The number of allylic oxidation sites excluding steroid dienone is 10. The molecule has 2 saturated heterocycles. The summed E-state index contributed by atoms with van der Waals surface area (Å²) in [5.41, 5.74) is 0. The Morgan fingerprint density at radius 1 is 0.493 bits per heavy atom. The number of nitrogens with one attached hydrogen (secondary N) is 1. The van der Waals surface area contributed by atoms with Crippen LogP contribution >= 0.6 is 0 Å². The molecular weight excluding hydrogens is 955 g/mol. The minimum absolute atomic E-state index is 0.224. The number of amides is 1. The van der Waals surface area contributed by atoms with Gasteiger partial charge in [0.15, 0.2) is 12.6 Å². The zero-order valence-electron chi connectivity index (χ0n) is 46.8. The van der Waals surface area contributed by atoms with Gasteiger partial charge in [-0.2, -0.15) is 0 Å². The first-order chi connectivity index (χ1) is 36.6. The van der Waals surface area contributed by atoms with E-state index >= 15 is 0 Å². The van der Waals surface area contributed by atoms with Crippen LogP contribution in [0.1, 0.15) is 226 Å². The second-order valence-electron chi connectivity index (χ2n) is 21.1. The van der Waals surface area contributed by atoms with E-state index in [4.69, 9.17) is 18.9 Å². The number of hydrogen-bond acceptors (Lipinski definition) is 13. The van der Waals surface area contributed by atoms with Crippen LogP contribution in [0.5, 0.6) is 0 Å². The third-order valence-electron chi connectivity index (χ3n) is 14.5. The van der Waals surface area contributed by atoms with Gasteiger partial charge in [0, 0.05) is 6.42 Å². The van der Waals surface area contributed by atoms with E-state index in [0.29, 0.717) is 19.3 Å². The largest absolute Gasteiger partial charge is 0.394 e. The van der Waals surface area contributed by atoms with Gasteiger partial charge in [-0.1, -0.05) is 229 Å². The van der Waals surface area contributed by atoms with Gasteiger partial charge in [0.05, 0.1) is 32.0 Å². The average Bonchev–Trinajstić information content (AvgIpc) is 3.41. The Hall–Kier alpha value is -2.31. The lowest BCUT2D eigenvalue weighted by molar-refractivity contribution is -0.359. The van der Waals surface area contributed by atoms with E-state index in [1.165, 1.54) is 128 Å². The van der Waals surface area contributed by atoms with Gasteiger partial charge >= 0.3 is 0 Å². The molecule has 436 valence electrons. The summed E-state index contributed by atoms with van der Waals surface area (Å²) in [6, 6.07) is -0.862. The van der Waals surface area contributed by atoms with Crippen molar-refractivity contribution >= 4 is 5.91 Å². The van der Waals surface area contributed by atoms with Crippen molar-refractivity contribution in [3.63, 3.8) is 0 Å². The van der Waals surface area contributed by atoms with Crippen LogP contribution in [0.25, 0.3) is 0 Å². The minimum atomic E-state index is -1.79. The molecule has 75 heavy (non-hydrogen) atoms. The zero-order chi connectivity index (χ0) is 54.6. The van der Waals surface area contributed by atoms with Gasteiger partial charge in [0.2, 0.25) is 5.91 Å². The van der Waals surface area contributed by atoms with Crippen LogP contribution in [0.4, 0.5) is 0 Å². The third-order valence-corrected chi connectivity index (χ3v) is 14.5. The van der Waals surface area contributed by atoms with Crippen LogP contribution in [0.15, 0.2) is 60.8 Å². The summed E-state index contributed by atoms with van der Waals surface area (Å²) < 4.78 is 22.8. The molecule has 0 aromatic carbocycles. The molecule has 9 N–H and O–H groups in total. The summed E-state index contributed by atoms with van der Waals surface area (Å²) in [5, 5.41) is 87.2. The normalized spacial score (nSPS) is 25.5. The molecule has 0 aliphatic carbocycles. The molecule has 0 bridgehead atoms. The van der Waals surface area contributed by atoms with Crippen molar-refractivity contribution in [1.29, 1.82) is 0 Å². The van der Waals surface area contributed by atoms with Crippen molar-refractivity contribution in [2.24, 2.45) is 0 Å². The zero-order valence-corrected chi connectivity index (χ0v) is 46.8. The quantitative estimate of drug-likeness (QED) is 0.0204. The first-order valence-electron chi connectivity index (χ1n) is 30.0. The predicted octanol–water partition coefficient (Wildman–Crippen LogP) is 10.2. The monoisotopic (exact) mass is 1060 g/mol. The van der Waals surface area contributed by atoms with Gasteiger partial charge in [-0.25, -0.2) is 0 Å². The minimum Gasteiger partial charge on any atom is -0.394 e. The standard InChI is InChI=1S/C61H109NO13/c1-3-5-7-9-11-13-15-17-19-21-22-23-24-25-26-27-29-30-32-34-36-38-40-42-44-50(65)49(62-53(66)45-43-41-39-37-35-33-31-28-20-18-16-14-12-10-8-6-4-2)48-72-60-58(71)56(69)59(52(47-64)74-60)75-61-57(70)55(68)54(67)51(46-63)73-61/h6,8,12,14,18,20,31,33,37,39,49-52,54-61,63-65,67-71H,3-5,7,9-11,13,15-17,19,21-30,32,34-36,38,40-48H2,1-2H3,(H,62,66)/b8-6-,14-12-,20-18-,33-31-,39-37-. The number of unbranched alkanes of at least 4 members (excludes halogenated alkanes) is 24. The van der Waals surface area contributed by atoms with E-state index < -0.39 is 86.8 Å². The fourth-order valence-corrected chi connectivity index (χ4v) is 9.69. The number of carbonyl (C=O) groups is 1. The molecule has 14 heteroatoms. The number of aliphatic hydroxyl groups excluding tert-OH is 8. The predicted molar refractivity (Wildman–Crippen MR) is 300 cm³/mol. The molecule has 2 heterocycles. The van der Waals surface area contributed by atoms with Crippen LogP contribution < -0.4 is 5.32 Å². The second-order valence-corrected chi connectivity index (χ2v) is 21.1. The number of rotatable bonds is 47. The molecule has 0 radical (unpaired) electrons. The molecule has 12 atom stereocenters. The summed E-state index contributed by atoms with van der Waals surface area (Å²) in [6.45, 7) is 2.72. The fraction of sp³-hybridized carbons (Fsp3) is 0.820. The first kappa shape index (κ1) is 68.8. The Balaban J connectivity index is 1.76. The van der Waals surface area contributed by atoms with Crippen LogP contribution in [0.3, 0.4) is 0 Å². The topological polar surface area (TPSA) is 228 Å². The molecule has 1 amide bonds. The molecule has 14 nitrogen and oxygen atoms in total. The second kappa shape index (κ2) is 46.6. The Bertz CT molecular complexity index is 1490. The molecule has 12 unspecified atom stereocenters. The Morgan fingerprint density at radius 3 is 1.36 bits per heavy atom. The van der Waals surface area contributed by atoms with E-state index in [1.807, 2.05) is 0 Å². The summed E-state index contributed by atoms with van der Waals surface area (Å²) >= 11 is 0. The van der Waals surface area contributed by atoms with Gasteiger partial charge in [-0.3, -0.25) is 4.79 Å². The lowest BCUT2D eigenvalue weighted by Crippen LogP contribution is -2.65. The van der Waals surface area contributed by atoms with Crippen molar-refractivity contribution in [3.8, 4) is 0 Å². The molecular formula is C61H109NO13. The van der Waals surface area contributed by atoms with Crippen LogP contribution in [-0.4, -0.2) is 140 Å². The van der Waals surface area contributed by atoms with E-state index in [1.54, 1.807) is 0 Å². The highest BCUT2D eigenvalue weighted by Gasteiger charge is 2.51. The Morgan fingerprint density at radius 2 is 0.907 bits per heavy atom. The van der Waals surface area contributed by atoms with Gasteiger partial charge in [-0.05, 0) is 51.4 Å². The van der Waals surface area contributed by atoms with Gasteiger partial charge in [-0.15, -0.1) is 0 Å². The van der Waals surface area contributed by atoms with Gasteiger partial charge in [0.25, 0.3) is 0 Å². The van der Waals surface area contributed by atoms with E-state index in [9.17, 15) is 45.6 Å². The van der Waals surface area contributed by atoms with Gasteiger partial charge in [0.1, 0.15) is 48.8 Å². The molecule has 0 aromatic rings. The molecule has 2 fully saturated rings. The highest BCUT2D eigenvalue weighted by Crippen LogP contribution is 2.30. The highest BCUT2D eigenvalue weighted by molar-refractivity contribution is 5.76. The molecule has 0 spiro atoms. The number of hydrogen-bond donors (Lipinski definition) is 9. The smallest absolute Gasteiger partial charge is 0.220 e. The fourth-order valence-electron chi connectivity index (χ4n) is 9.69. The highest BCUT2D eigenvalue weighted by atomic mass is 16.7. The van der Waals surface area contributed by atoms with Crippen molar-refractivity contribution in [2.45, 2.75) is 299 Å². The van der Waals surface area contributed by atoms with Crippen molar-refractivity contribution in [1.82, 2.24) is 5.32 Å². The van der Waals surface area contributed by atoms with Crippen LogP contribution in [0, 0.1) is 0 Å². The van der Waals surface area contributed by atoms with Crippen LogP contribution in [0.2, 0.25) is 0 Å². The lowest BCUT2D eigenvalue weighted by Gasteiger charge is -2.46. The maximum Gasteiger partial charge on any atom is 0.220 e. The molecule has 2 aliphatic heterocycles. The summed E-state index contributed by atoms with van der Waals surface area (Å²) in [6.07, 6.45) is 42.3. The summed E-state index contributed by atoms with van der Waals surface area (Å²) in [4.78, 5) is 13.2. The number of ether oxygens (including phenoxy) is 4. The van der Waals surface area contributed by atoms with Crippen LogP contribution in [-0.2, 0) is 23.7 Å². The van der Waals surface area contributed by atoms with Gasteiger partial charge < -0.3 is 65.1 Å². The lowest BCUT2D eigenvalue weighted by atomic mass is 9.97. The Kier molecular flexibility index (Phi) is 42.7. The maximum absolute atomic E-state index is 13.2. The first-order valence-corrected chi connectivity index (χ1v) is 30.0.